The Morgan fingerprint density at radius 1 is 1.00 bits per heavy atom. The van der Waals surface area contributed by atoms with Crippen molar-refractivity contribution in [2.24, 2.45) is 5.73 Å². The largest absolute Gasteiger partial charge is 0.324 e. The van der Waals surface area contributed by atoms with Crippen molar-refractivity contribution in [1.29, 1.82) is 0 Å². The molecule has 0 fully saturated rings. The molecule has 1 aliphatic carbocycles. The fourth-order valence-electron chi connectivity index (χ4n) is 3.05. The van der Waals surface area contributed by atoms with Crippen molar-refractivity contribution in [3.63, 3.8) is 0 Å². The molecule has 0 spiro atoms. The third kappa shape index (κ3) is 2.42. The molecule has 0 bridgehead atoms. The number of rotatable bonds is 3. The van der Waals surface area contributed by atoms with E-state index in [9.17, 15) is 0 Å². The Morgan fingerprint density at radius 3 is 2.37 bits per heavy atom. The Labute approximate surface area is 114 Å². The number of nitrogens with zero attached hydrogens (tertiary/aromatic N) is 1. The van der Waals surface area contributed by atoms with Gasteiger partial charge in [-0.2, -0.15) is 0 Å². The number of nitrogens with two attached hydrogens (primary N) is 1. The number of fused-ring (bicyclic) bond motifs is 1. The molecule has 98 valence electrons. The molecule has 2 atom stereocenters. The van der Waals surface area contributed by atoms with Gasteiger partial charge in [0.1, 0.15) is 0 Å². The fraction of sp³-hybridized carbons (Fsp3) is 0.294. The van der Waals surface area contributed by atoms with Crippen LogP contribution in [0.1, 0.15) is 35.2 Å². The van der Waals surface area contributed by atoms with Crippen molar-refractivity contribution in [3.05, 3.63) is 71.3 Å². The standard InChI is InChI=1S/C17H20N2/c1-19(12-13-7-3-2-4-8-13)17-11-16(18)14-9-5-6-10-15(14)17/h2-10,16-17H,11-12,18H2,1H3. The lowest BCUT2D eigenvalue weighted by molar-refractivity contribution is 0.229. The number of hydrogen-bond acceptors (Lipinski definition) is 2. The first-order valence-electron chi connectivity index (χ1n) is 6.84. The van der Waals surface area contributed by atoms with Crippen molar-refractivity contribution in [2.75, 3.05) is 7.05 Å². The highest BCUT2D eigenvalue weighted by Crippen LogP contribution is 2.40. The molecule has 2 aromatic carbocycles. The second-order valence-electron chi connectivity index (χ2n) is 5.39. The third-order valence-electron chi connectivity index (χ3n) is 4.04. The Morgan fingerprint density at radius 2 is 1.63 bits per heavy atom. The van der Waals surface area contributed by atoms with Crippen molar-refractivity contribution in [2.45, 2.75) is 25.0 Å². The monoisotopic (exact) mass is 252 g/mol. The first kappa shape index (κ1) is 12.4. The average molecular weight is 252 g/mol. The normalized spacial score (nSPS) is 21.6. The molecule has 2 heteroatoms. The average Bonchev–Trinajstić information content (AvgIpc) is 2.78. The van der Waals surface area contributed by atoms with Crippen molar-refractivity contribution in [1.82, 2.24) is 4.90 Å². The zero-order valence-electron chi connectivity index (χ0n) is 11.3. The summed E-state index contributed by atoms with van der Waals surface area (Å²) in [4.78, 5) is 2.40. The molecule has 0 saturated carbocycles. The molecule has 1 aliphatic rings. The second kappa shape index (κ2) is 5.16. The summed E-state index contributed by atoms with van der Waals surface area (Å²) >= 11 is 0. The van der Waals surface area contributed by atoms with E-state index in [-0.39, 0.29) is 6.04 Å². The summed E-state index contributed by atoms with van der Waals surface area (Å²) in [6, 6.07) is 19.8. The maximum absolute atomic E-state index is 6.24. The Hall–Kier alpha value is -1.64. The first-order chi connectivity index (χ1) is 9.25. The lowest BCUT2D eigenvalue weighted by atomic mass is 10.1. The van der Waals surface area contributed by atoms with Gasteiger partial charge in [-0.15, -0.1) is 0 Å². The summed E-state index contributed by atoms with van der Waals surface area (Å²) < 4.78 is 0. The van der Waals surface area contributed by atoms with Gasteiger partial charge in [0.25, 0.3) is 0 Å². The van der Waals surface area contributed by atoms with E-state index in [4.69, 9.17) is 5.73 Å². The van der Waals surface area contributed by atoms with Crippen molar-refractivity contribution >= 4 is 0 Å². The van der Waals surface area contributed by atoms with Gasteiger partial charge in [-0.3, -0.25) is 4.90 Å². The maximum atomic E-state index is 6.24. The Balaban J connectivity index is 1.80. The smallest absolute Gasteiger partial charge is 0.0369 e. The van der Waals surface area contributed by atoms with Gasteiger partial charge in [-0.1, -0.05) is 54.6 Å². The molecular formula is C17H20N2. The zero-order chi connectivity index (χ0) is 13.2. The molecule has 0 radical (unpaired) electrons. The SMILES string of the molecule is CN(Cc1ccccc1)C1CC(N)c2ccccc21. The van der Waals surface area contributed by atoms with Crippen LogP contribution >= 0.6 is 0 Å². The van der Waals surface area contributed by atoms with Gasteiger partial charge in [0.2, 0.25) is 0 Å². The van der Waals surface area contributed by atoms with Crippen LogP contribution in [-0.4, -0.2) is 11.9 Å². The van der Waals surface area contributed by atoms with Crippen LogP contribution in [-0.2, 0) is 6.54 Å². The molecule has 19 heavy (non-hydrogen) atoms. The predicted molar refractivity (Wildman–Crippen MR) is 78.6 cm³/mol. The minimum atomic E-state index is 0.180. The van der Waals surface area contributed by atoms with Crippen LogP contribution in [0, 0.1) is 0 Å². The molecule has 2 N–H and O–H groups in total. The zero-order valence-corrected chi connectivity index (χ0v) is 11.3. The Bertz CT molecular complexity index is 550. The van der Waals surface area contributed by atoms with Gasteiger partial charge in [-0.25, -0.2) is 0 Å². The molecule has 0 heterocycles. The van der Waals surface area contributed by atoms with Crippen LogP contribution in [0.4, 0.5) is 0 Å². The number of benzene rings is 2. The summed E-state index contributed by atoms with van der Waals surface area (Å²) in [5.74, 6) is 0. The van der Waals surface area contributed by atoms with Gasteiger partial charge in [-0.05, 0) is 30.2 Å². The third-order valence-corrected chi connectivity index (χ3v) is 4.04. The molecule has 2 unspecified atom stereocenters. The van der Waals surface area contributed by atoms with E-state index in [1.807, 2.05) is 0 Å². The van der Waals surface area contributed by atoms with Crippen LogP contribution in [0.5, 0.6) is 0 Å². The minimum absolute atomic E-state index is 0.180. The van der Waals surface area contributed by atoms with Gasteiger partial charge < -0.3 is 5.73 Å². The minimum Gasteiger partial charge on any atom is -0.324 e. The van der Waals surface area contributed by atoms with Crippen molar-refractivity contribution in [3.8, 4) is 0 Å². The predicted octanol–water partition coefficient (Wildman–Crippen LogP) is 3.26. The highest BCUT2D eigenvalue weighted by molar-refractivity contribution is 5.37. The lowest BCUT2D eigenvalue weighted by Crippen LogP contribution is -2.23. The summed E-state index contributed by atoms with van der Waals surface area (Å²) in [6.07, 6.45) is 1.02. The molecule has 0 amide bonds. The van der Waals surface area contributed by atoms with E-state index >= 15 is 0 Å². The van der Waals surface area contributed by atoms with Gasteiger partial charge in [0.15, 0.2) is 0 Å². The maximum Gasteiger partial charge on any atom is 0.0369 e. The van der Waals surface area contributed by atoms with E-state index in [2.05, 4.69) is 66.5 Å². The number of hydrogen-bond donors (Lipinski definition) is 1. The first-order valence-corrected chi connectivity index (χ1v) is 6.84. The highest BCUT2D eigenvalue weighted by atomic mass is 15.1. The van der Waals surface area contributed by atoms with E-state index in [1.165, 1.54) is 16.7 Å². The molecule has 2 aromatic rings. The van der Waals surface area contributed by atoms with Crippen molar-refractivity contribution < 1.29 is 0 Å². The quantitative estimate of drug-likeness (QED) is 0.908. The molecule has 0 saturated heterocycles. The summed E-state index contributed by atoms with van der Waals surface area (Å²) in [7, 11) is 2.19. The summed E-state index contributed by atoms with van der Waals surface area (Å²) in [5, 5.41) is 0. The van der Waals surface area contributed by atoms with Gasteiger partial charge in [0.05, 0.1) is 0 Å². The molecule has 0 aliphatic heterocycles. The van der Waals surface area contributed by atoms with E-state index in [0.717, 1.165) is 13.0 Å². The van der Waals surface area contributed by atoms with Crippen LogP contribution in [0.25, 0.3) is 0 Å². The second-order valence-corrected chi connectivity index (χ2v) is 5.39. The molecule has 3 rings (SSSR count). The summed E-state index contributed by atoms with van der Waals surface area (Å²) in [5.41, 5.74) is 10.3. The van der Waals surface area contributed by atoms with Crippen LogP contribution in [0.15, 0.2) is 54.6 Å². The fourth-order valence-corrected chi connectivity index (χ4v) is 3.05. The van der Waals surface area contributed by atoms with Crippen LogP contribution in [0.3, 0.4) is 0 Å². The lowest BCUT2D eigenvalue weighted by Gasteiger charge is -2.25. The molecule has 2 nitrogen and oxygen atoms in total. The molecular weight excluding hydrogens is 232 g/mol. The van der Waals surface area contributed by atoms with Crippen LogP contribution in [0.2, 0.25) is 0 Å². The highest BCUT2D eigenvalue weighted by Gasteiger charge is 2.30. The van der Waals surface area contributed by atoms with E-state index in [1.54, 1.807) is 0 Å². The Kier molecular flexibility index (Phi) is 3.36. The van der Waals surface area contributed by atoms with Gasteiger partial charge in [0, 0.05) is 18.6 Å². The summed E-state index contributed by atoms with van der Waals surface area (Å²) in [6.45, 7) is 0.965. The van der Waals surface area contributed by atoms with E-state index < -0.39 is 0 Å². The molecule has 0 aromatic heterocycles. The van der Waals surface area contributed by atoms with Gasteiger partial charge >= 0.3 is 0 Å². The topological polar surface area (TPSA) is 29.3 Å². The van der Waals surface area contributed by atoms with E-state index in [0.29, 0.717) is 6.04 Å². The van der Waals surface area contributed by atoms with Crippen LogP contribution < -0.4 is 5.73 Å².